The summed E-state index contributed by atoms with van der Waals surface area (Å²) in [5.41, 5.74) is 1.53. The highest BCUT2D eigenvalue weighted by Crippen LogP contribution is 2.31. The van der Waals surface area contributed by atoms with Gasteiger partial charge in [-0.25, -0.2) is 9.97 Å². The Morgan fingerprint density at radius 1 is 1.33 bits per heavy atom. The molecular formula is C15H19N5O. The molecule has 1 N–H and O–H groups in total. The van der Waals surface area contributed by atoms with Gasteiger partial charge in [0.1, 0.15) is 11.5 Å². The van der Waals surface area contributed by atoms with E-state index in [4.69, 9.17) is 0 Å². The molecule has 0 spiro atoms. The third-order valence-electron chi connectivity index (χ3n) is 3.71. The standard InChI is InChI=1S/C15H19N5O/c1-11-8-19-14(20(11)10-12-2-3-12)4-5-18-15(21)13-9-16-6-7-17-13/h6-9,12H,2-5,10H2,1H3,(H,18,21). The second kappa shape index (κ2) is 6.03. The summed E-state index contributed by atoms with van der Waals surface area (Å²) in [4.78, 5) is 24.2. The van der Waals surface area contributed by atoms with Crippen LogP contribution in [0.2, 0.25) is 0 Å². The van der Waals surface area contributed by atoms with Gasteiger partial charge in [0.05, 0.1) is 6.20 Å². The van der Waals surface area contributed by atoms with E-state index in [2.05, 4.69) is 31.8 Å². The van der Waals surface area contributed by atoms with Crippen LogP contribution in [0.4, 0.5) is 0 Å². The van der Waals surface area contributed by atoms with Crippen molar-refractivity contribution in [2.45, 2.75) is 32.7 Å². The molecular weight excluding hydrogens is 266 g/mol. The van der Waals surface area contributed by atoms with E-state index in [0.717, 1.165) is 24.7 Å². The van der Waals surface area contributed by atoms with E-state index in [9.17, 15) is 4.79 Å². The van der Waals surface area contributed by atoms with Crippen LogP contribution < -0.4 is 5.32 Å². The van der Waals surface area contributed by atoms with E-state index in [1.807, 2.05) is 6.20 Å². The lowest BCUT2D eigenvalue weighted by Crippen LogP contribution is -2.27. The Morgan fingerprint density at radius 2 is 2.19 bits per heavy atom. The SMILES string of the molecule is Cc1cnc(CCNC(=O)c2cnccn2)n1CC1CC1. The number of hydrogen-bond acceptors (Lipinski definition) is 4. The van der Waals surface area contributed by atoms with Gasteiger partial charge < -0.3 is 9.88 Å². The summed E-state index contributed by atoms with van der Waals surface area (Å²) in [5, 5.41) is 2.86. The van der Waals surface area contributed by atoms with Crippen molar-refractivity contribution in [2.75, 3.05) is 6.54 Å². The van der Waals surface area contributed by atoms with Gasteiger partial charge >= 0.3 is 0 Å². The van der Waals surface area contributed by atoms with Crippen LogP contribution in [0.25, 0.3) is 0 Å². The Hall–Kier alpha value is -2.24. The normalized spacial score (nSPS) is 14.1. The van der Waals surface area contributed by atoms with Crippen LogP contribution in [0.5, 0.6) is 0 Å². The van der Waals surface area contributed by atoms with Crippen LogP contribution in [0, 0.1) is 12.8 Å². The van der Waals surface area contributed by atoms with Crippen LogP contribution >= 0.6 is 0 Å². The van der Waals surface area contributed by atoms with Gasteiger partial charge in [-0.05, 0) is 25.7 Å². The minimum absolute atomic E-state index is 0.194. The molecule has 21 heavy (non-hydrogen) atoms. The fourth-order valence-corrected chi connectivity index (χ4v) is 2.31. The van der Waals surface area contributed by atoms with Gasteiger partial charge in [0, 0.05) is 43.8 Å². The fourth-order valence-electron chi connectivity index (χ4n) is 2.31. The van der Waals surface area contributed by atoms with Gasteiger partial charge in [0.25, 0.3) is 5.91 Å². The molecule has 1 aliphatic rings. The molecule has 6 heteroatoms. The summed E-state index contributed by atoms with van der Waals surface area (Å²) in [6.07, 6.45) is 9.80. The first-order chi connectivity index (χ1) is 10.2. The maximum atomic E-state index is 11.9. The maximum Gasteiger partial charge on any atom is 0.271 e. The molecule has 1 amide bonds. The Labute approximate surface area is 123 Å². The molecule has 0 radical (unpaired) electrons. The molecule has 0 bridgehead atoms. The van der Waals surface area contributed by atoms with Crippen molar-refractivity contribution in [1.29, 1.82) is 0 Å². The van der Waals surface area contributed by atoms with Crippen molar-refractivity contribution in [3.8, 4) is 0 Å². The summed E-state index contributed by atoms with van der Waals surface area (Å²) in [6.45, 7) is 3.69. The Balaban J connectivity index is 1.54. The summed E-state index contributed by atoms with van der Waals surface area (Å²) in [7, 11) is 0. The Morgan fingerprint density at radius 3 is 2.90 bits per heavy atom. The van der Waals surface area contributed by atoms with Crippen molar-refractivity contribution < 1.29 is 4.79 Å². The first kappa shape index (κ1) is 13.7. The zero-order chi connectivity index (χ0) is 14.7. The second-order valence-electron chi connectivity index (χ2n) is 5.47. The predicted molar refractivity (Wildman–Crippen MR) is 77.8 cm³/mol. The highest BCUT2D eigenvalue weighted by molar-refractivity contribution is 5.91. The number of imidazole rings is 1. The van der Waals surface area contributed by atoms with Gasteiger partial charge in [-0.15, -0.1) is 0 Å². The molecule has 0 atom stereocenters. The molecule has 3 rings (SSSR count). The molecule has 6 nitrogen and oxygen atoms in total. The van der Waals surface area contributed by atoms with Crippen molar-refractivity contribution in [3.63, 3.8) is 0 Å². The summed E-state index contributed by atoms with van der Waals surface area (Å²) >= 11 is 0. The molecule has 2 aromatic rings. The highest BCUT2D eigenvalue weighted by Gasteiger charge is 2.23. The average molecular weight is 285 g/mol. The van der Waals surface area contributed by atoms with Gasteiger partial charge in [-0.1, -0.05) is 0 Å². The Kier molecular flexibility index (Phi) is 3.94. The summed E-state index contributed by atoms with van der Waals surface area (Å²) < 4.78 is 2.27. The number of carbonyl (C=O) groups is 1. The highest BCUT2D eigenvalue weighted by atomic mass is 16.1. The van der Waals surface area contributed by atoms with Crippen molar-refractivity contribution in [3.05, 3.63) is 42.0 Å². The number of nitrogens with one attached hydrogen (secondary N) is 1. The molecule has 0 aliphatic heterocycles. The first-order valence-corrected chi connectivity index (χ1v) is 7.29. The number of amides is 1. The van der Waals surface area contributed by atoms with Crippen LogP contribution in [0.1, 0.15) is 34.8 Å². The fraction of sp³-hybridized carbons (Fsp3) is 0.467. The van der Waals surface area contributed by atoms with Crippen molar-refractivity contribution >= 4 is 5.91 Å². The molecule has 1 saturated carbocycles. The topological polar surface area (TPSA) is 72.7 Å². The Bertz CT molecular complexity index is 618. The lowest BCUT2D eigenvalue weighted by atomic mass is 10.3. The van der Waals surface area contributed by atoms with Gasteiger partial charge in [0.2, 0.25) is 0 Å². The average Bonchev–Trinajstić information content (AvgIpc) is 3.27. The minimum atomic E-state index is -0.194. The first-order valence-electron chi connectivity index (χ1n) is 7.29. The van der Waals surface area contributed by atoms with Crippen molar-refractivity contribution in [1.82, 2.24) is 24.8 Å². The molecule has 1 fully saturated rings. The molecule has 1 aliphatic carbocycles. The molecule has 0 unspecified atom stereocenters. The van der Waals surface area contributed by atoms with Crippen molar-refractivity contribution in [2.24, 2.45) is 5.92 Å². The van der Waals surface area contributed by atoms with Gasteiger partial charge in [0.15, 0.2) is 0 Å². The van der Waals surface area contributed by atoms with Crippen LogP contribution in [0.15, 0.2) is 24.8 Å². The molecule has 2 aromatic heterocycles. The maximum absolute atomic E-state index is 11.9. The summed E-state index contributed by atoms with van der Waals surface area (Å²) in [6, 6.07) is 0. The van der Waals surface area contributed by atoms with Crippen LogP contribution in [0.3, 0.4) is 0 Å². The van der Waals surface area contributed by atoms with Crippen LogP contribution in [-0.2, 0) is 13.0 Å². The van der Waals surface area contributed by atoms with E-state index in [0.29, 0.717) is 12.2 Å². The number of hydrogen-bond donors (Lipinski definition) is 1. The lowest BCUT2D eigenvalue weighted by molar-refractivity contribution is 0.0948. The number of aromatic nitrogens is 4. The second-order valence-corrected chi connectivity index (χ2v) is 5.47. The zero-order valence-electron chi connectivity index (χ0n) is 12.1. The van der Waals surface area contributed by atoms with E-state index in [1.54, 1.807) is 6.20 Å². The molecule has 110 valence electrons. The number of nitrogens with zero attached hydrogens (tertiary/aromatic N) is 4. The summed E-state index contributed by atoms with van der Waals surface area (Å²) in [5.74, 6) is 1.66. The minimum Gasteiger partial charge on any atom is -0.350 e. The van der Waals surface area contributed by atoms with E-state index < -0.39 is 0 Å². The third-order valence-corrected chi connectivity index (χ3v) is 3.71. The largest absolute Gasteiger partial charge is 0.350 e. The van der Waals surface area contributed by atoms with E-state index >= 15 is 0 Å². The quantitative estimate of drug-likeness (QED) is 0.870. The molecule has 2 heterocycles. The number of rotatable bonds is 6. The van der Waals surface area contributed by atoms with Crippen LogP contribution in [-0.4, -0.2) is 32.0 Å². The molecule has 0 aromatic carbocycles. The number of aryl methyl sites for hydroxylation is 1. The number of carbonyl (C=O) groups excluding carboxylic acids is 1. The van der Waals surface area contributed by atoms with E-state index in [-0.39, 0.29) is 5.91 Å². The monoisotopic (exact) mass is 285 g/mol. The third kappa shape index (κ3) is 3.45. The molecule has 0 saturated heterocycles. The predicted octanol–water partition coefficient (Wildman–Crippen LogP) is 1.36. The lowest BCUT2D eigenvalue weighted by Gasteiger charge is -2.10. The van der Waals surface area contributed by atoms with E-state index in [1.165, 1.54) is 30.9 Å². The van der Waals surface area contributed by atoms with Gasteiger partial charge in [-0.2, -0.15) is 0 Å². The van der Waals surface area contributed by atoms with Gasteiger partial charge in [-0.3, -0.25) is 9.78 Å². The smallest absolute Gasteiger partial charge is 0.271 e. The zero-order valence-corrected chi connectivity index (χ0v) is 12.1.